The molecule has 10 heavy (non-hydrogen) atoms. The van der Waals surface area contributed by atoms with Gasteiger partial charge in [-0.25, -0.2) is 0 Å². The SMILES string of the molecule is CC(=O)O.NC(N)=NS.[Se]. The number of carboxylic acids is 1. The van der Waals surface area contributed by atoms with Gasteiger partial charge in [0.15, 0.2) is 5.96 Å². The number of aliphatic carboxylic acids is 1. The Morgan fingerprint density at radius 2 is 1.70 bits per heavy atom. The number of thiol groups is 1. The van der Waals surface area contributed by atoms with Crippen molar-refractivity contribution >= 4 is 41.8 Å². The summed E-state index contributed by atoms with van der Waals surface area (Å²) in [5.74, 6) is -0.840. The van der Waals surface area contributed by atoms with Crippen molar-refractivity contribution in [3.8, 4) is 0 Å². The summed E-state index contributed by atoms with van der Waals surface area (Å²) >= 11 is 3.35. The van der Waals surface area contributed by atoms with Gasteiger partial charge in [-0.05, 0) is 12.8 Å². The molecule has 0 saturated carbocycles. The van der Waals surface area contributed by atoms with Crippen molar-refractivity contribution in [2.24, 2.45) is 15.9 Å². The molecule has 0 spiro atoms. The van der Waals surface area contributed by atoms with E-state index in [1.165, 1.54) is 0 Å². The molecule has 0 heterocycles. The van der Waals surface area contributed by atoms with Gasteiger partial charge in [0, 0.05) is 24.0 Å². The fraction of sp³-hybridized carbons (Fsp3) is 0.333. The van der Waals surface area contributed by atoms with E-state index in [0.29, 0.717) is 0 Å². The summed E-state index contributed by atoms with van der Waals surface area (Å²) < 4.78 is 3.06. The Bertz CT molecular complexity index is 110. The quantitative estimate of drug-likeness (QED) is 0.182. The van der Waals surface area contributed by atoms with Crippen LogP contribution in [-0.4, -0.2) is 34.1 Å². The second kappa shape index (κ2) is 11.4. The summed E-state index contributed by atoms with van der Waals surface area (Å²) in [4.78, 5) is 9.00. The van der Waals surface area contributed by atoms with E-state index in [-0.39, 0.29) is 23.0 Å². The Kier molecular flexibility index (Phi) is 18.6. The first kappa shape index (κ1) is 16.3. The van der Waals surface area contributed by atoms with Crippen molar-refractivity contribution in [2.45, 2.75) is 6.92 Å². The molecule has 7 heteroatoms. The molecule has 0 bridgehead atoms. The van der Waals surface area contributed by atoms with E-state index >= 15 is 0 Å². The van der Waals surface area contributed by atoms with E-state index < -0.39 is 5.97 Å². The number of carboxylic acid groups (broad SMARTS) is 1. The molecule has 0 atom stereocenters. The molecule has 0 aliphatic heterocycles. The molecule has 0 saturated heterocycles. The first-order chi connectivity index (χ1) is 4.00. The molecule has 2 radical (unpaired) electrons. The fourth-order valence-corrected chi connectivity index (χ4v) is 0. The van der Waals surface area contributed by atoms with E-state index in [2.05, 4.69) is 17.2 Å². The van der Waals surface area contributed by atoms with Crippen LogP contribution in [0.1, 0.15) is 6.92 Å². The summed E-state index contributed by atoms with van der Waals surface area (Å²) in [6, 6.07) is 0. The molecule has 5 N–H and O–H groups in total. The van der Waals surface area contributed by atoms with E-state index in [1.807, 2.05) is 0 Å². The van der Waals surface area contributed by atoms with E-state index in [1.54, 1.807) is 0 Å². The van der Waals surface area contributed by atoms with Gasteiger partial charge < -0.3 is 16.6 Å². The normalized spacial score (nSPS) is 5.80. The van der Waals surface area contributed by atoms with Crippen LogP contribution >= 0.6 is 12.8 Å². The topological polar surface area (TPSA) is 102 Å². The number of rotatable bonds is 0. The third-order valence-electron chi connectivity index (χ3n) is 0.115. The maximum Gasteiger partial charge on any atom is 0.300 e. The summed E-state index contributed by atoms with van der Waals surface area (Å²) in [6.07, 6.45) is 0. The van der Waals surface area contributed by atoms with Gasteiger partial charge in [-0.15, -0.1) is 0 Å². The molecular formula is C3H9N3O2SSe. The average molecular weight is 230 g/mol. The minimum atomic E-state index is -0.833. The van der Waals surface area contributed by atoms with Crippen LogP contribution in [0.15, 0.2) is 4.40 Å². The first-order valence-corrected chi connectivity index (χ1v) is 2.33. The second-order valence-corrected chi connectivity index (χ2v) is 1.24. The Morgan fingerprint density at radius 1 is 1.60 bits per heavy atom. The molecule has 0 unspecified atom stereocenters. The summed E-state index contributed by atoms with van der Waals surface area (Å²) in [5.41, 5.74) is 9.49. The number of nitrogens with zero attached hydrogens (tertiary/aromatic N) is 1. The second-order valence-electron chi connectivity index (χ2n) is 1.04. The molecule has 0 aliphatic carbocycles. The van der Waals surface area contributed by atoms with Gasteiger partial charge in [0.1, 0.15) is 0 Å². The van der Waals surface area contributed by atoms with Crippen LogP contribution < -0.4 is 11.5 Å². The predicted octanol–water partition coefficient (Wildman–Crippen LogP) is -1.19. The minimum absolute atomic E-state index is 0. The monoisotopic (exact) mass is 231 g/mol. The number of carbonyl (C=O) groups is 1. The molecule has 5 nitrogen and oxygen atoms in total. The molecule has 0 fully saturated rings. The third kappa shape index (κ3) is 128. The van der Waals surface area contributed by atoms with Crippen molar-refractivity contribution in [2.75, 3.05) is 0 Å². The number of nitrogens with two attached hydrogens (primary N) is 2. The van der Waals surface area contributed by atoms with E-state index in [4.69, 9.17) is 21.4 Å². The minimum Gasteiger partial charge on any atom is -0.481 e. The smallest absolute Gasteiger partial charge is 0.300 e. The Hall–Kier alpha value is -0.391. The van der Waals surface area contributed by atoms with Gasteiger partial charge in [0.2, 0.25) is 0 Å². The Balaban J connectivity index is -0.0000000910. The zero-order valence-corrected chi connectivity index (χ0v) is 7.92. The van der Waals surface area contributed by atoms with Crippen LogP contribution in [0.2, 0.25) is 0 Å². The van der Waals surface area contributed by atoms with Gasteiger partial charge in [-0.1, -0.05) is 0 Å². The third-order valence-corrected chi connectivity index (χ3v) is 0.346. The average Bonchev–Trinajstić information content (AvgIpc) is 1.65. The number of hydrogen-bond acceptors (Lipinski definition) is 3. The van der Waals surface area contributed by atoms with Crippen molar-refractivity contribution in [3.63, 3.8) is 0 Å². The first-order valence-electron chi connectivity index (χ1n) is 1.93. The van der Waals surface area contributed by atoms with Crippen molar-refractivity contribution in [1.29, 1.82) is 0 Å². The molecule has 0 amide bonds. The van der Waals surface area contributed by atoms with Gasteiger partial charge in [-0.3, -0.25) is 4.79 Å². The molecule has 0 rings (SSSR count). The van der Waals surface area contributed by atoms with Gasteiger partial charge in [0.05, 0.1) is 0 Å². The standard InChI is InChI=1S/C2H4O2.CH5N3S.Se/c1-2(3)4;2-1(3)4-5;/h1H3,(H,3,4);5H,(H4,2,3,4);. The molecule has 0 aliphatic rings. The molecule has 60 valence electrons. The van der Waals surface area contributed by atoms with E-state index in [9.17, 15) is 0 Å². The van der Waals surface area contributed by atoms with Crippen LogP contribution in [0.5, 0.6) is 0 Å². The van der Waals surface area contributed by atoms with Crippen LogP contribution in [0.4, 0.5) is 0 Å². The van der Waals surface area contributed by atoms with Crippen LogP contribution in [0.3, 0.4) is 0 Å². The van der Waals surface area contributed by atoms with E-state index in [0.717, 1.165) is 6.92 Å². The molecule has 0 aromatic carbocycles. The fourth-order valence-electron chi connectivity index (χ4n) is 0. The maximum atomic E-state index is 9.00. The summed E-state index contributed by atoms with van der Waals surface area (Å²) in [5, 5.41) is 7.42. The Morgan fingerprint density at radius 3 is 1.70 bits per heavy atom. The number of hydrogen-bond donors (Lipinski definition) is 4. The van der Waals surface area contributed by atoms with Crippen LogP contribution in [-0.2, 0) is 4.79 Å². The van der Waals surface area contributed by atoms with Gasteiger partial charge >= 0.3 is 0 Å². The summed E-state index contributed by atoms with van der Waals surface area (Å²) in [6.45, 7) is 1.08. The zero-order chi connectivity index (χ0) is 7.86. The zero-order valence-electron chi connectivity index (χ0n) is 5.31. The van der Waals surface area contributed by atoms with Gasteiger partial charge in [0.25, 0.3) is 5.97 Å². The van der Waals surface area contributed by atoms with Crippen molar-refractivity contribution in [1.82, 2.24) is 0 Å². The van der Waals surface area contributed by atoms with Gasteiger partial charge in [-0.2, -0.15) is 4.40 Å². The Labute approximate surface area is 74.9 Å². The van der Waals surface area contributed by atoms with Crippen molar-refractivity contribution in [3.05, 3.63) is 0 Å². The largest absolute Gasteiger partial charge is 0.481 e. The maximum absolute atomic E-state index is 9.00. The van der Waals surface area contributed by atoms with Crippen molar-refractivity contribution < 1.29 is 9.90 Å². The summed E-state index contributed by atoms with van der Waals surface area (Å²) in [7, 11) is 0. The molecular weight excluding hydrogens is 221 g/mol. The van der Waals surface area contributed by atoms with Crippen LogP contribution in [0.25, 0.3) is 0 Å². The number of guanidine groups is 1. The predicted molar refractivity (Wildman–Crippen MR) is 43.9 cm³/mol. The molecule has 0 aromatic rings. The molecule has 0 aromatic heterocycles. The van der Waals surface area contributed by atoms with Crippen LogP contribution in [0, 0.1) is 0 Å².